The number of hydrogen-bond donors (Lipinski definition) is 2. The highest BCUT2D eigenvalue weighted by Crippen LogP contribution is 2.27. The van der Waals surface area contributed by atoms with Gasteiger partial charge in [0.2, 0.25) is 5.91 Å². The quantitative estimate of drug-likeness (QED) is 0.856. The summed E-state index contributed by atoms with van der Waals surface area (Å²) in [6.07, 6.45) is 0.213. The number of amides is 1. The lowest BCUT2D eigenvalue weighted by Crippen LogP contribution is -2.51. The largest absolute Gasteiger partial charge is 0.372 e. The molecule has 4 unspecified atom stereocenters. The molecule has 0 radical (unpaired) electrons. The molecule has 1 amide bonds. The number of nitrogens with zero attached hydrogens (tertiary/aromatic N) is 1. The number of nitrogens with one attached hydrogen (secondary N) is 2. The SMILES string of the molecule is CC1CN(C(=O)C2CNNC2c2ccccc2)CC(C)O1. The number of hydrazine groups is 1. The van der Waals surface area contributed by atoms with Crippen molar-refractivity contribution in [3.63, 3.8) is 0 Å². The van der Waals surface area contributed by atoms with Crippen LogP contribution in [0, 0.1) is 5.92 Å². The average Bonchev–Trinajstić information content (AvgIpc) is 2.95. The van der Waals surface area contributed by atoms with E-state index in [0.717, 1.165) is 5.56 Å². The van der Waals surface area contributed by atoms with Crippen LogP contribution in [0.2, 0.25) is 0 Å². The van der Waals surface area contributed by atoms with E-state index in [9.17, 15) is 4.79 Å². The van der Waals surface area contributed by atoms with E-state index in [-0.39, 0.29) is 30.1 Å². The number of rotatable bonds is 2. The Morgan fingerprint density at radius 1 is 1.19 bits per heavy atom. The van der Waals surface area contributed by atoms with Crippen molar-refractivity contribution < 1.29 is 9.53 Å². The van der Waals surface area contributed by atoms with Gasteiger partial charge in [-0.15, -0.1) is 0 Å². The van der Waals surface area contributed by atoms with Crippen LogP contribution in [0.25, 0.3) is 0 Å². The van der Waals surface area contributed by atoms with Crippen molar-refractivity contribution >= 4 is 5.91 Å². The summed E-state index contributed by atoms with van der Waals surface area (Å²) < 4.78 is 5.72. The lowest BCUT2D eigenvalue weighted by atomic mass is 9.93. The highest BCUT2D eigenvalue weighted by molar-refractivity contribution is 5.80. The average molecular weight is 289 g/mol. The number of carbonyl (C=O) groups is 1. The molecule has 21 heavy (non-hydrogen) atoms. The van der Waals surface area contributed by atoms with Crippen molar-refractivity contribution in [2.75, 3.05) is 19.6 Å². The van der Waals surface area contributed by atoms with Crippen LogP contribution < -0.4 is 10.9 Å². The summed E-state index contributed by atoms with van der Waals surface area (Å²) in [7, 11) is 0. The van der Waals surface area contributed by atoms with Gasteiger partial charge in [-0.1, -0.05) is 30.3 Å². The summed E-state index contributed by atoms with van der Waals surface area (Å²) in [6.45, 7) is 6.08. The third-order valence-corrected chi connectivity index (χ3v) is 4.19. The maximum absolute atomic E-state index is 12.9. The van der Waals surface area contributed by atoms with Crippen LogP contribution in [0.15, 0.2) is 30.3 Å². The van der Waals surface area contributed by atoms with Crippen molar-refractivity contribution in [1.82, 2.24) is 15.8 Å². The first-order chi connectivity index (χ1) is 10.1. The van der Waals surface area contributed by atoms with E-state index in [1.54, 1.807) is 0 Å². The summed E-state index contributed by atoms with van der Waals surface area (Å²) in [4.78, 5) is 14.8. The Hall–Kier alpha value is -1.43. The molecule has 2 aliphatic heterocycles. The zero-order valence-electron chi connectivity index (χ0n) is 12.6. The van der Waals surface area contributed by atoms with Crippen molar-refractivity contribution in [3.05, 3.63) is 35.9 Å². The molecule has 114 valence electrons. The van der Waals surface area contributed by atoms with E-state index in [1.807, 2.05) is 36.9 Å². The summed E-state index contributed by atoms with van der Waals surface area (Å²) in [5.41, 5.74) is 7.52. The van der Waals surface area contributed by atoms with Crippen LogP contribution in [-0.2, 0) is 9.53 Å². The molecule has 5 heteroatoms. The van der Waals surface area contributed by atoms with Crippen LogP contribution in [0.5, 0.6) is 0 Å². The van der Waals surface area contributed by atoms with Crippen LogP contribution in [-0.4, -0.2) is 42.6 Å². The summed E-state index contributed by atoms with van der Waals surface area (Å²) in [5, 5.41) is 0. The fraction of sp³-hybridized carbons (Fsp3) is 0.562. The minimum absolute atomic E-state index is 0.0344. The Labute approximate surface area is 125 Å². The van der Waals surface area contributed by atoms with Crippen LogP contribution in [0.4, 0.5) is 0 Å². The molecule has 2 heterocycles. The predicted octanol–water partition coefficient (Wildman–Crippen LogP) is 1.09. The second-order valence-corrected chi connectivity index (χ2v) is 6.02. The number of ether oxygens (including phenoxy) is 1. The van der Waals surface area contributed by atoms with Gasteiger partial charge >= 0.3 is 0 Å². The molecule has 1 aromatic carbocycles. The molecule has 0 saturated carbocycles. The Kier molecular flexibility index (Phi) is 4.24. The molecule has 3 rings (SSSR count). The van der Waals surface area contributed by atoms with Gasteiger partial charge in [-0.05, 0) is 19.4 Å². The molecule has 2 saturated heterocycles. The first-order valence-electron chi connectivity index (χ1n) is 7.62. The molecule has 0 spiro atoms. The zero-order chi connectivity index (χ0) is 14.8. The third-order valence-electron chi connectivity index (χ3n) is 4.19. The molecular weight excluding hydrogens is 266 g/mol. The number of morpholine rings is 1. The lowest BCUT2D eigenvalue weighted by molar-refractivity contribution is -0.147. The van der Waals surface area contributed by atoms with Crippen molar-refractivity contribution in [3.8, 4) is 0 Å². The smallest absolute Gasteiger partial charge is 0.229 e. The Balaban J connectivity index is 1.74. The minimum Gasteiger partial charge on any atom is -0.372 e. The van der Waals surface area contributed by atoms with Crippen molar-refractivity contribution in [2.24, 2.45) is 5.92 Å². The second kappa shape index (κ2) is 6.13. The molecule has 1 aromatic rings. The van der Waals surface area contributed by atoms with Gasteiger partial charge < -0.3 is 9.64 Å². The van der Waals surface area contributed by atoms with Crippen molar-refractivity contribution in [1.29, 1.82) is 0 Å². The molecule has 0 aliphatic carbocycles. The Morgan fingerprint density at radius 3 is 2.52 bits per heavy atom. The van der Waals surface area contributed by atoms with Gasteiger partial charge in [0, 0.05) is 19.6 Å². The monoisotopic (exact) mass is 289 g/mol. The minimum atomic E-state index is -0.0649. The number of hydrogen-bond acceptors (Lipinski definition) is 4. The van der Waals surface area contributed by atoms with Gasteiger partial charge in [0.25, 0.3) is 0 Å². The highest BCUT2D eigenvalue weighted by atomic mass is 16.5. The topological polar surface area (TPSA) is 53.6 Å². The summed E-state index contributed by atoms with van der Waals surface area (Å²) in [5.74, 6) is 0.147. The maximum atomic E-state index is 12.9. The normalized spacial score (nSPS) is 33.1. The Morgan fingerprint density at radius 2 is 1.86 bits per heavy atom. The van der Waals surface area contributed by atoms with Crippen molar-refractivity contribution in [2.45, 2.75) is 32.1 Å². The van der Waals surface area contributed by atoms with Crippen LogP contribution in [0.1, 0.15) is 25.5 Å². The molecule has 0 bridgehead atoms. The van der Waals surface area contributed by atoms with Gasteiger partial charge in [-0.25, -0.2) is 5.43 Å². The van der Waals surface area contributed by atoms with E-state index < -0.39 is 0 Å². The first-order valence-corrected chi connectivity index (χ1v) is 7.62. The lowest BCUT2D eigenvalue weighted by Gasteiger charge is -2.37. The molecule has 0 aromatic heterocycles. The van der Waals surface area contributed by atoms with E-state index in [2.05, 4.69) is 23.0 Å². The van der Waals surface area contributed by atoms with Crippen LogP contribution in [0.3, 0.4) is 0 Å². The molecular formula is C16H23N3O2. The molecule has 4 atom stereocenters. The Bertz CT molecular complexity index is 484. The molecule has 2 N–H and O–H groups in total. The van der Waals surface area contributed by atoms with Gasteiger partial charge in [-0.3, -0.25) is 10.2 Å². The summed E-state index contributed by atoms with van der Waals surface area (Å²) in [6, 6.07) is 10.2. The van der Waals surface area contributed by atoms with Crippen LogP contribution >= 0.6 is 0 Å². The predicted molar refractivity (Wildman–Crippen MR) is 80.4 cm³/mol. The molecule has 2 aliphatic rings. The van der Waals surface area contributed by atoms with E-state index in [0.29, 0.717) is 19.6 Å². The number of carbonyl (C=O) groups excluding carboxylic acids is 1. The zero-order valence-corrected chi connectivity index (χ0v) is 12.6. The maximum Gasteiger partial charge on any atom is 0.229 e. The van der Waals surface area contributed by atoms with Gasteiger partial charge in [-0.2, -0.15) is 0 Å². The summed E-state index contributed by atoms with van der Waals surface area (Å²) >= 11 is 0. The first kappa shape index (κ1) is 14.5. The van der Waals surface area contributed by atoms with E-state index in [1.165, 1.54) is 0 Å². The van der Waals surface area contributed by atoms with Gasteiger partial charge in [0.05, 0.1) is 24.2 Å². The van der Waals surface area contributed by atoms with E-state index >= 15 is 0 Å². The van der Waals surface area contributed by atoms with Gasteiger partial charge in [0.15, 0.2) is 0 Å². The fourth-order valence-corrected chi connectivity index (χ4v) is 3.30. The third kappa shape index (κ3) is 3.10. The van der Waals surface area contributed by atoms with Gasteiger partial charge in [0.1, 0.15) is 0 Å². The fourth-order valence-electron chi connectivity index (χ4n) is 3.30. The second-order valence-electron chi connectivity index (χ2n) is 6.02. The molecule has 5 nitrogen and oxygen atoms in total. The van der Waals surface area contributed by atoms with E-state index in [4.69, 9.17) is 4.74 Å². The standard InChI is InChI=1S/C16H23N3O2/c1-11-9-19(10-12(2)21-11)16(20)14-8-17-18-15(14)13-6-4-3-5-7-13/h3-7,11-12,14-15,17-18H,8-10H2,1-2H3. The molecule has 2 fully saturated rings. The number of benzene rings is 1. The highest BCUT2D eigenvalue weighted by Gasteiger charge is 2.38.